The van der Waals surface area contributed by atoms with E-state index in [1.165, 1.54) is 4.90 Å². The molecular weight excluding hydrogens is 320 g/mol. The zero-order valence-electron chi connectivity index (χ0n) is 13.5. The maximum Gasteiger partial charge on any atom is 0.326 e. The van der Waals surface area contributed by atoms with Gasteiger partial charge in [0.25, 0.3) is 5.91 Å². The Morgan fingerprint density at radius 3 is 2.68 bits per heavy atom. The van der Waals surface area contributed by atoms with Gasteiger partial charge in [0.15, 0.2) is 0 Å². The summed E-state index contributed by atoms with van der Waals surface area (Å²) in [6, 6.07) is 11.6. The lowest BCUT2D eigenvalue weighted by Crippen LogP contribution is -2.41. The molecule has 1 saturated heterocycles. The minimum absolute atomic E-state index is 0.214. The summed E-state index contributed by atoms with van der Waals surface area (Å²) in [6.45, 7) is 0.468. The number of benzene rings is 1. The predicted molar refractivity (Wildman–Crippen MR) is 91.2 cm³/mol. The van der Waals surface area contributed by atoms with Crippen LogP contribution in [0.25, 0.3) is 0 Å². The third-order valence-corrected chi connectivity index (χ3v) is 4.16. The number of para-hydroxylation sites is 1. The molecule has 0 aliphatic carbocycles. The van der Waals surface area contributed by atoms with Gasteiger partial charge >= 0.3 is 5.97 Å². The molecule has 0 unspecified atom stereocenters. The number of aromatic nitrogens is 1. The second kappa shape index (κ2) is 7.14. The van der Waals surface area contributed by atoms with Gasteiger partial charge in [-0.3, -0.25) is 4.79 Å². The van der Waals surface area contributed by atoms with Gasteiger partial charge in [-0.2, -0.15) is 0 Å². The van der Waals surface area contributed by atoms with E-state index in [-0.39, 0.29) is 31.5 Å². The zero-order valence-corrected chi connectivity index (χ0v) is 13.5. The largest absolute Gasteiger partial charge is 0.488 e. The van der Waals surface area contributed by atoms with Crippen molar-refractivity contribution in [2.24, 2.45) is 0 Å². The van der Waals surface area contributed by atoms with E-state index in [0.29, 0.717) is 11.4 Å². The van der Waals surface area contributed by atoms with Crippen molar-refractivity contribution >= 4 is 11.9 Å². The molecule has 2 heterocycles. The molecular formula is C19H18N2O4. The first-order valence-corrected chi connectivity index (χ1v) is 7.94. The molecule has 128 valence electrons. The van der Waals surface area contributed by atoms with Crippen LogP contribution in [0.2, 0.25) is 0 Å². The summed E-state index contributed by atoms with van der Waals surface area (Å²) in [5.74, 6) is 1.74. The van der Waals surface area contributed by atoms with Crippen molar-refractivity contribution in [2.75, 3.05) is 6.54 Å². The first kappa shape index (κ1) is 16.7. The van der Waals surface area contributed by atoms with Gasteiger partial charge in [0, 0.05) is 12.6 Å². The van der Waals surface area contributed by atoms with Gasteiger partial charge in [0.2, 0.25) is 0 Å². The fourth-order valence-corrected chi connectivity index (χ4v) is 3.02. The van der Waals surface area contributed by atoms with Crippen molar-refractivity contribution in [3.8, 4) is 18.1 Å². The average molecular weight is 338 g/mol. The van der Waals surface area contributed by atoms with E-state index in [1.54, 1.807) is 35.0 Å². The number of rotatable bonds is 5. The molecule has 1 amide bonds. The van der Waals surface area contributed by atoms with E-state index in [4.69, 9.17) is 11.2 Å². The Labute approximate surface area is 145 Å². The van der Waals surface area contributed by atoms with Gasteiger partial charge in [-0.25, -0.2) is 4.79 Å². The lowest BCUT2D eigenvalue weighted by molar-refractivity contribution is -0.141. The summed E-state index contributed by atoms with van der Waals surface area (Å²) < 4.78 is 7.47. The summed E-state index contributed by atoms with van der Waals surface area (Å²) in [7, 11) is 0. The molecule has 6 heteroatoms. The number of carboxylic acid groups (broad SMARTS) is 1. The lowest BCUT2D eigenvalue weighted by atomic mass is 10.2. The smallest absolute Gasteiger partial charge is 0.326 e. The second-order valence-electron chi connectivity index (χ2n) is 5.83. The van der Waals surface area contributed by atoms with Crippen LogP contribution >= 0.6 is 0 Å². The van der Waals surface area contributed by atoms with Crippen molar-refractivity contribution in [1.82, 2.24) is 9.47 Å². The molecule has 1 N–H and O–H groups in total. The lowest BCUT2D eigenvalue weighted by Gasteiger charge is -2.21. The van der Waals surface area contributed by atoms with Gasteiger partial charge in [-0.15, -0.1) is 6.42 Å². The molecule has 6 nitrogen and oxygen atoms in total. The van der Waals surface area contributed by atoms with Crippen LogP contribution in [0.5, 0.6) is 5.75 Å². The summed E-state index contributed by atoms with van der Waals surface area (Å²) >= 11 is 0. The highest BCUT2D eigenvalue weighted by molar-refractivity contribution is 5.96. The Kier molecular flexibility index (Phi) is 4.75. The number of aliphatic carboxylic acids is 1. The Bertz CT molecular complexity index is 806. The van der Waals surface area contributed by atoms with Crippen molar-refractivity contribution in [2.45, 2.75) is 25.1 Å². The Hall–Kier alpha value is -3.20. The average Bonchev–Trinajstić information content (AvgIpc) is 3.23. The molecule has 1 aliphatic rings. The number of amides is 1. The standard InChI is InChI=1S/C19H18N2O4/c1-2-10-20-11-6-9-16(20)18(22)21-13-15(12-17(21)19(23)24)25-14-7-4-3-5-8-14/h1,3-9,11,15,17H,10,12-13H2,(H,23,24)/t15-,17-/m0/s1. The summed E-state index contributed by atoms with van der Waals surface area (Å²) in [6.07, 6.45) is 6.89. The number of carbonyl (C=O) groups excluding carboxylic acids is 1. The van der Waals surface area contributed by atoms with Crippen LogP contribution in [-0.4, -0.2) is 45.1 Å². The quantitative estimate of drug-likeness (QED) is 0.845. The van der Waals surface area contributed by atoms with Crippen LogP contribution in [0.4, 0.5) is 0 Å². The maximum absolute atomic E-state index is 12.8. The second-order valence-corrected chi connectivity index (χ2v) is 5.83. The van der Waals surface area contributed by atoms with Crippen LogP contribution < -0.4 is 4.74 Å². The van der Waals surface area contributed by atoms with E-state index in [2.05, 4.69) is 5.92 Å². The monoisotopic (exact) mass is 338 g/mol. The van der Waals surface area contributed by atoms with Gasteiger partial charge in [0.1, 0.15) is 23.6 Å². The van der Waals surface area contributed by atoms with Crippen molar-refractivity contribution in [3.63, 3.8) is 0 Å². The fraction of sp³-hybridized carbons (Fsp3) is 0.263. The SMILES string of the molecule is C#CCn1cccc1C(=O)N1C[C@@H](Oc2ccccc2)C[C@H]1C(=O)O. The highest BCUT2D eigenvalue weighted by Crippen LogP contribution is 2.25. The van der Waals surface area contributed by atoms with E-state index < -0.39 is 12.0 Å². The fourth-order valence-electron chi connectivity index (χ4n) is 3.02. The highest BCUT2D eigenvalue weighted by atomic mass is 16.5. The number of nitrogens with zero attached hydrogens (tertiary/aromatic N) is 2. The van der Waals surface area contributed by atoms with Crippen LogP contribution in [0, 0.1) is 12.3 Å². The number of carboxylic acids is 1. The number of hydrogen-bond donors (Lipinski definition) is 1. The molecule has 1 fully saturated rings. The van der Waals surface area contributed by atoms with Gasteiger partial charge in [-0.1, -0.05) is 24.1 Å². The molecule has 0 bridgehead atoms. The first-order chi connectivity index (χ1) is 12.1. The summed E-state index contributed by atoms with van der Waals surface area (Å²) in [5, 5.41) is 9.50. The Balaban J connectivity index is 1.79. The molecule has 1 aromatic heterocycles. The minimum Gasteiger partial charge on any atom is -0.488 e. The third-order valence-electron chi connectivity index (χ3n) is 4.16. The number of carbonyl (C=O) groups is 2. The topological polar surface area (TPSA) is 71.8 Å². The summed E-state index contributed by atoms with van der Waals surface area (Å²) in [4.78, 5) is 25.8. The molecule has 2 atom stereocenters. The van der Waals surface area contributed by atoms with E-state index in [9.17, 15) is 14.7 Å². The highest BCUT2D eigenvalue weighted by Gasteiger charge is 2.41. The van der Waals surface area contributed by atoms with E-state index in [1.807, 2.05) is 18.2 Å². The van der Waals surface area contributed by atoms with E-state index in [0.717, 1.165) is 0 Å². The summed E-state index contributed by atoms with van der Waals surface area (Å²) in [5.41, 5.74) is 0.379. The molecule has 25 heavy (non-hydrogen) atoms. The normalized spacial score (nSPS) is 19.4. The van der Waals surface area contributed by atoms with Gasteiger partial charge < -0.3 is 19.3 Å². The van der Waals surface area contributed by atoms with Crippen LogP contribution in [-0.2, 0) is 11.3 Å². The van der Waals surface area contributed by atoms with Crippen molar-refractivity contribution < 1.29 is 19.4 Å². The minimum atomic E-state index is -1.04. The van der Waals surface area contributed by atoms with Gasteiger partial charge in [0.05, 0.1) is 13.1 Å². The number of likely N-dealkylation sites (tertiary alicyclic amines) is 1. The molecule has 1 aromatic carbocycles. The van der Waals surface area contributed by atoms with Crippen molar-refractivity contribution in [1.29, 1.82) is 0 Å². The molecule has 0 radical (unpaired) electrons. The molecule has 3 rings (SSSR count). The molecule has 1 aliphatic heterocycles. The van der Waals surface area contributed by atoms with Crippen LogP contribution in [0.1, 0.15) is 16.9 Å². The van der Waals surface area contributed by atoms with Gasteiger partial charge in [-0.05, 0) is 24.3 Å². The number of ether oxygens (including phenoxy) is 1. The predicted octanol–water partition coefficient (Wildman–Crippen LogP) is 1.87. The first-order valence-electron chi connectivity index (χ1n) is 7.94. The Morgan fingerprint density at radius 1 is 1.24 bits per heavy atom. The molecule has 0 spiro atoms. The number of hydrogen-bond acceptors (Lipinski definition) is 3. The Morgan fingerprint density at radius 2 is 2.00 bits per heavy atom. The van der Waals surface area contributed by atoms with E-state index >= 15 is 0 Å². The van der Waals surface area contributed by atoms with Crippen LogP contribution in [0.15, 0.2) is 48.7 Å². The van der Waals surface area contributed by atoms with Crippen molar-refractivity contribution in [3.05, 3.63) is 54.4 Å². The zero-order chi connectivity index (χ0) is 17.8. The van der Waals surface area contributed by atoms with Crippen LogP contribution in [0.3, 0.4) is 0 Å². The third kappa shape index (κ3) is 3.50. The number of terminal acetylenes is 1. The molecule has 2 aromatic rings. The maximum atomic E-state index is 12.8. The molecule has 0 saturated carbocycles.